The standard InChI is InChI=1S/C13H17FO3/c1-2-10(11-6-4-3-5-7-11)8-12(15)9-13(16)17-14/h3-7,10,12,15H,2,8-9H2,1H3. The molecule has 0 aliphatic rings. The minimum atomic E-state index is -1.03. The van der Waals surface area contributed by atoms with Gasteiger partial charge in [0, 0.05) is 4.53 Å². The third-order valence-electron chi connectivity index (χ3n) is 2.81. The molecule has 0 saturated heterocycles. The van der Waals surface area contributed by atoms with Crippen LogP contribution in [-0.4, -0.2) is 17.2 Å². The molecule has 2 unspecified atom stereocenters. The zero-order valence-electron chi connectivity index (χ0n) is 9.80. The molecule has 0 fully saturated rings. The Morgan fingerprint density at radius 1 is 1.41 bits per heavy atom. The first-order valence-electron chi connectivity index (χ1n) is 5.71. The third-order valence-corrected chi connectivity index (χ3v) is 2.81. The molecular weight excluding hydrogens is 223 g/mol. The van der Waals surface area contributed by atoms with Crippen LogP contribution in [0.15, 0.2) is 30.3 Å². The first-order valence-corrected chi connectivity index (χ1v) is 5.71. The van der Waals surface area contributed by atoms with E-state index in [0.29, 0.717) is 6.42 Å². The quantitative estimate of drug-likeness (QED) is 0.831. The summed E-state index contributed by atoms with van der Waals surface area (Å²) in [6.07, 6.45) is 0.102. The first kappa shape index (κ1) is 13.6. The number of rotatable bonds is 6. The summed E-state index contributed by atoms with van der Waals surface area (Å²) in [6.45, 7) is 2.01. The van der Waals surface area contributed by atoms with Gasteiger partial charge in [-0.25, -0.2) is 4.79 Å². The lowest BCUT2D eigenvalue weighted by Gasteiger charge is -2.18. The summed E-state index contributed by atoms with van der Waals surface area (Å²) in [7, 11) is 0. The van der Waals surface area contributed by atoms with E-state index in [1.54, 1.807) is 0 Å². The van der Waals surface area contributed by atoms with Crippen LogP contribution in [0, 0.1) is 0 Å². The number of hydrogen-bond donors (Lipinski definition) is 1. The normalized spacial score (nSPS) is 14.1. The van der Waals surface area contributed by atoms with Crippen LogP contribution in [0.25, 0.3) is 0 Å². The molecule has 0 saturated carbocycles. The maximum Gasteiger partial charge on any atom is 0.351 e. The SMILES string of the molecule is CCC(CC(O)CC(=O)OF)c1ccccc1. The number of carbonyl (C=O) groups excluding carboxylic acids is 1. The summed E-state index contributed by atoms with van der Waals surface area (Å²) in [5.41, 5.74) is 1.11. The van der Waals surface area contributed by atoms with Gasteiger partial charge in [-0.3, -0.25) is 4.94 Å². The third kappa shape index (κ3) is 4.53. The fourth-order valence-electron chi connectivity index (χ4n) is 1.90. The van der Waals surface area contributed by atoms with Gasteiger partial charge in [-0.05, 0) is 24.3 Å². The molecule has 0 spiro atoms. The maximum atomic E-state index is 11.5. The van der Waals surface area contributed by atoms with Gasteiger partial charge in [-0.15, -0.1) is 0 Å². The Morgan fingerprint density at radius 2 is 2.06 bits per heavy atom. The van der Waals surface area contributed by atoms with Gasteiger partial charge in [0.15, 0.2) is 0 Å². The average molecular weight is 240 g/mol. The molecular formula is C13H17FO3. The maximum absolute atomic E-state index is 11.5. The molecule has 0 bridgehead atoms. The highest BCUT2D eigenvalue weighted by Crippen LogP contribution is 2.25. The summed E-state index contributed by atoms with van der Waals surface area (Å²) >= 11 is 0. The predicted molar refractivity (Wildman–Crippen MR) is 61.9 cm³/mol. The summed E-state index contributed by atoms with van der Waals surface area (Å²) in [6, 6.07) is 9.75. The van der Waals surface area contributed by atoms with E-state index >= 15 is 0 Å². The van der Waals surface area contributed by atoms with Gasteiger partial charge >= 0.3 is 5.97 Å². The fraction of sp³-hybridized carbons (Fsp3) is 0.462. The van der Waals surface area contributed by atoms with Gasteiger partial charge in [0.05, 0.1) is 12.5 Å². The lowest BCUT2D eigenvalue weighted by molar-refractivity contribution is -0.185. The Kier molecular flexibility index (Phi) is 5.63. The topological polar surface area (TPSA) is 46.5 Å². The Labute approximate surface area is 100 Å². The van der Waals surface area contributed by atoms with Crippen molar-refractivity contribution in [3.05, 3.63) is 35.9 Å². The van der Waals surface area contributed by atoms with Crippen molar-refractivity contribution in [2.75, 3.05) is 0 Å². The second kappa shape index (κ2) is 7.01. The van der Waals surface area contributed by atoms with Crippen LogP contribution < -0.4 is 0 Å². The molecule has 4 heteroatoms. The predicted octanol–water partition coefficient (Wildman–Crippen LogP) is 2.75. The monoisotopic (exact) mass is 240 g/mol. The van der Waals surface area contributed by atoms with Crippen LogP contribution in [0.2, 0.25) is 0 Å². The van der Waals surface area contributed by atoms with Crippen molar-refractivity contribution in [1.82, 2.24) is 0 Å². The summed E-state index contributed by atoms with van der Waals surface area (Å²) in [5.74, 6) is -0.862. The summed E-state index contributed by atoms with van der Waals surface area (Å²) in [5, 5.41) is 9.65. The minimum absolute atomic E-state index is 0.165. The second-order valence-electron chi connectivity index (χ2n) is 4.06. The van der Waals surface area contributed by atoms with E-state index in [-0.39, 0.29) is 12.3 Å². The fourth-order valence-corrected chi connectivity index (χ4v) is 1.90. The van der Waals surface area contributed by atoms with Crippen LogP contribution in [0.3, 0.4) is 0 Å². The highest BCUT2D eigenvalue weighted by molar-refractivity contribution is 5.69. The van der Waals surface area contributed by atoms with Crippen molar-refractivity contribution in [2.45, 2.75) is 38.2 Å². The van der Waals surface area contributed by atoms with Crippen molar-refractivity contribution in [2.24, 2.45) is 0 Å². The lowest BCUT2D eigenvalue weighted by atomic mass is 9.90. The zero-order chi connectivity index (χ0) is 12.7. The van der Waals surface area contributed by atoms with Gasteiger partial charge in [0.1, 0.15) is 0 Å². The van der Waals surface area contributed by atoms with E-state index in [0.717, 1.165) is 12.0 Å². The number of aliphatic hydroxyl groups excluding tert-OH is 1. The van der Waals surface area contributed by atoms with Crippen LogP contribution in [0.4, 0.5) is 4.53 Å². The molecule has 1 N–H and O–H groups in total. The summed E-state index contributed by atoms with van der Waals surface area (Å²) < 4.78 is 11.5. The van der Waals surface area contributed by atoms with E-state index < -0.39 is 12.1 Å². The molecule has 1 aromatic carbocycles. The molecule has 1 aromatic rings. The Balaban J connectivity index is 2.55. The second-order valence-corrected chi connectivity index (χ2v) is 4.06. The van der Waals surface area contributed by atoms with Crippen LogP contribution in [0.1, 0.15) is 37.7 Å². The molecule has 2 atom stereocenters. The lowest BCUT2D eigenvalue weighted by Crippen LogP contribution is -2.17. The average Bonchev–Trinajstić information content (AvgIpc) is 2.36. The van der Waals surface area contributed by atoms with Crippen LogP contribution >= 0.6 is 0 Å². The molecule has 0 amide bonds. The van der Waals surface area contributed by atoms with Crippen LogP contribution in [-0.2, 0) is 9.74 Å². The van der Waals surface area contributed by atoms with Gasteiger partial charge < -0.3 is 5.11 Å². The van der Waals surface area contributed by atoms with Crippen molar-refractivity contribution < 1.29 is 19.4 Å². The van der Waals surface area contributed by atoms with E-state index in [1.165, 1.54) is 0 Å². The van der Waals surface area contributed by atoms with Gasteiger partial charge in [0.25, 0.3) is 0 Å². The molecule has 0 aliphatic heterocycles. The van der Waals surface area contributed by atoms with Gasteiger partial charge in [0.2, 0.25) is 0 Å². The van der Waals surface area contributed by atoms with E-state index in [9.17, 15) is 14.4 Å². The largest absolute Gasteiger partial charge is 0.392 e. The molecule has 94 valence electrons. The van der Waals surface area contributed by atoms with Gasteiger partial charge in [-0.2, -0.15) is 0 Å². The van der Waals surface area contributed by atoms with E-state index in [1.807, 2.05) is 37.3 Å². The highest BCUT2D eigenvalue weighted by Gasteiger charge is 2.18. The van der Waals surface area contributed by atoms with Crippen LogP contribution in [0.5, 0.6) is 0 Å². The zero-order valence-corrected chi connectivity index (χ0v) is 9.80. The molecule has 0 radical (unpaired) electrons. The van der Waals surface area contributed by atoms with Crippen molar-refractivity contribution in [3.63, 3.8) is 0 Å². The summed E-state index contributed by atoms with van der Waals surface area (Å²) in [4.78, 5) is 13.7. The van der Waals surface area contributed by atoms with Crippen molar-refractivity contribution in [1.29, 1.82) is 0 Å². The number of carbonyl (C=O) groups is 1. The molecule has 0 heterocycles. The minimum Gasteiger partial charge on any atom is -0.392 e. The number of aliphatic hydroxyl groups is 1. The number of benzene rings is 1. The molecule has 17 heavy (non-hydrogen) atoms. The molecule has 0 aromatic heterocycles. The molecule has 0 aliphatic carbocycles. The van der Waals surface area contributed by atoms with Crippen molar-refractivity contribution >= 4 is 5.97 Å². The Morgan fingerprint density at radius 3 is 2.59 bits per heavy atom. The Bertz CT molecular complexity index is 340. The van der Waals surface area contributed by atoms with Gasteiger partial charge in [-0.1, -0.05) is 37.3 Å². The number of hydrogen-bond acceptors (Lipinski definition) is 3. The Hall–Kier alpha value is -1.42. The van der Waals surface area contributed by atoms with E-state index in [2.05, 4.69) is 4.94 Å². The molecule has 1 rings (SSSR count). The van der Waals surface area contributed by atoms with E-state index in [4.69, 9.17) is 0 Å². The first-order chi connectivity index (χ1) is 8.17. The highest BCUT2D eigenvalue weighted by atomic mass is 19.3. The number of halogens is 1. The smallest absolute Gasteiger partial charge is 0.351 e. The molecule has 3 nitrogen and oxygen atoms in total. The van der Waals surface area contributed by atoms with Crippen molar-refractivity contribution in [3.8, 4) is 0 Å².